The van der Waals surface area contributed by atoms with Gasteiger partial charge in [0.25, 0.3) is 0 Å². The van der Waals surface area contributed by atoms with Crippen LogP contribution in [-0.2, 0) is 9.59 Å². The predicted molar refractivity (Wildman–Crippen MR) is 76.9 cm³/mol. The standard InChI is InChI=1S/C15H27NO3/c1-5-6-12(4)15(19)16-10-9-13(11(2)3)7-8-14(17)18/h6,11,13H,5,7-10H2,1-4H3,(H,16,19)(H,17,18). The van der Waals surface area contributed by atoms with Gasteiger partial charge in [-0.3, -0.25) is 9.59 Å². The van der Waals surface area contributed by atoms with Crippen molar-refractivity contribution in [3.63, 3.8) is 0 Å². The highest BCUT2D eigenvalue weighted by Crippen LogP contribution is 2.20. The van der Waals surface area contributed by atoms with Gasteiger partial charge < -0.3 is 10.4 Å². The second-order valence-corrected chi connectivity index (χ2v) is 5.28. The van der Waals surface area contributed by atoms with Crippen LogP contribution >= 0.6 is 0 Å². The normalized spacial score (nSPS) is 13.4. The first-order chi connectivity index (χ1) is 8.88. The molecule has 0 saturated carbocycles. The number of hydrogen-bond acceptors (Lipinski definition) is 2. The summed E-state index contributed by atoms with van der Waals surface area (Å²) in [6.45, 7) is 8.60. The third-order valence-electron chi connectivity index (χ3n) is 3.34. The van der Waals surface area contributed by atoms with Crippen molar-refractivity contribution in [1.82, 2.24) is 5.32 Å². The highest BCUT2D eigenvalue weighted by molar-refractivity contribution is 5.92. The summed E-state index contributed by atoms with van der Waals surface area (Å²) in [6.07, 6.45) is 4.46. The minimum absolute atomic E-state index is 0.0254. The van der Waals surface area contributed by atoms with Crippen LogP contribution in [0.5, 0.6) is 0 Å². The second kappa shape index (κ2) is 9.59. The van der Waals surface area contributed by atoms with Gasteiger partial charge in [0, 0.05) is 18.5 Å². The van der Waals surface area contributed by atoms with E-state index in [0.29, 0.717) is 24.8 Å². The van der Waals surface area contributed by atoms with Crippen molar-refractivity contribution >= 4 is 11.9 Å². The zero-order valence-corrected chi connectivity index (χ0v) is 12.5. The summed E-state index contributed by atoms with van der Waals surface area (Å²) in [4.78, 5) is 22.3. The van der Waals surface area contributed by atoms with Crippen molar-refractivity contribution in [3.05, 3.63) is 11.6 Å². The van der Waals surface area contributed by atoms with Crippen molar-refractivity contribution < 1.29 is 14.7 Å². The Labute approximate surface area is 116 Å². The molecule has 110 valence electrons. The fraction of sp³-hybridized carbons (Fsp3) is 0.733. The monoisotopic (exact) mass is 269 g/mol. The van der Waals surface area contributed by atoms with Gasteiger partial charge in [0.15, 0.2) is 0 Å². The summed E-state index contributed by atoms with van der Waals surface area (Å²) in [6, 6.07) is 0. The molecule has 0 heterocycles. The molecule has 0 spiro atoms. The molecule has 2 N–H and O–H groups in total. The highest BCUT2D eigenvalue weighted by atomic mass is 16.4. The first-order valence-corrected chi connectivity index (χ1v) is 7.05. The number of carbonyl (C=O) groups excluding carboxylic acids is 1. The molecule has 0 fully saturated rings. The minimum Gasteiger partial charge on any atom is -0.481 e. The molecule has 0 saturated heterocycles. The first kappa shape index (κ1) is 17.7. The van der Waals surface area contributed by atoms with Crippen LogP contribution in [0.4, 0.5) is 0 Å². The maximum Gasteiger partial charge on any atom is 0.303 e. The molecule has 0 aromatic heterocycles. The van der Waals surface area contributed by atoms with E-state index in [2.05, 4.69) is 19.2 Å². The largest absolute Gasteiger partial charge is 0.481 e. The summed E-state index contributed by atoms with van der Waals surface area (Å²) in [5, 5.41) is 11.6. The Balaban J connectivity index is 4.09. The van der Waals surface area contributed by atoms with Crippen LogP contribution < -0.4 is 5.32 Å². The number of rotatable bonds is 9. The molecule has 1 unspecified atom stereocenters. The Morgan fingerprint density at radius 3 is 2.37 bits per heavy atom. The first-order valence-electron chi connectivity index (χ1n) is 7.05. The van der Waals surface area contributed by atoms with Gasteiger partial charge in [0.1, 0.15) is 0 Å². The molecule has 0 bridgehead atoms. The molecule has 0 rings (SSSR count). The van der Waals surface area contributed by atoms with Crippen molar-refractivity contribution in [3.8, 4) is 0 Å². The zero-order valence-electron chi connectivity index (χ0n) is 12.5. The fourth-order valence-corrected chi connectivity index (χ4v) is 2.03. The molecule has 0 radical (unpaired) electrons. The van der Waals surface area contributed by atoms with Crippen LogP contribution in [0.3, 0.4) is 0 Å². The molecule has 0 aliphatic carbocycles. The number of amides is 1. The van der Waals surface area contributed by atoms with Crippen molar-refractivity contribution in [1.29, 1.82) is 0 Å². The Hall–Kier alpha value is -1.32. The second-order valence-electron chi connectivity index (χ2n) is 5.28. The average Bonchev–Trinajstić information content (AvgIpc) is 2.32. The average molecular weight is 269 g/mol. The van der Waals surface area contributed by atoms with Crippen molar-refractivity contribution in [2.45, 2.75) is 53.4 Å². The van der Waals surface area contributed by atoms with E-state index in [1.54, 1.807) is 0 Å². The van der Waals surface area contributed by atoms with E-state index in [-0.39, 0.29) is 12.3 Å². The molecule has 1 amide bonds. The van der Waals surface area contributed by atoms with E-state index in [1.165, 1.54) is 0 Å². The Bertz CT molecular complexity index is 321. The number of carbonyl (C=O) groups is 2. The van der Waals surface area contributed by atoms with Gasteiger partial charge in [-0.1, -0.05) is 26.8 Å². The van der Waals surface area contributed by atoms with Crippen LogP contribution in [0, 0.1) is 11.8 Å². The van der Waals surface area contributed by atoms with E-state index in [4.69, 9.17) is 5.11 Å². The quantitative estimate of drug-likeness (QED) is 0.632. The van der Waals surface area contributed by atoms with Gasteiger partial charge in [-0.15, -0.1) is 0 Å². The van der Waals surface area contributed by atoms with Crippen LogP contribution in [0.25, 0.3) is 0 Å². The van der Waals surface area contributed by atoms with E-state index in [1.807, 2.05) is 19.9 Å². The number of nitrogens with one attached hydrogen (secondary N) is 1. The molecule has 0 aliphatic heterocycles. The molecular formula is C15H27NO3. The van der Waals surface area contributed by atoms with Gasteiger partial charge in [0.2, 0.25) is 5.91 Å². The molecule has 4 heteroatoms. The van der Waals surface area contributed by atoms with Gasteiger partial charge in [-0.05, 0) is 38.0 Å². The van der Waals surface area contributed by atoms with E-state index >= 15 is 0 Å². The zero-order chi connectivity index (χ0) is 14.8. The molecule has 1 atom stereocenters. The summed E-state index contributed by atoms with van der Waals surface area (Å²) in [5.41, 5.74) is 0.745. The maximum absolute atomic E-state index is 11.7. The van der Waals surface area contributed by atoms with Crippen LogP contribution in [-0.4, -0.2) is 23.5 Å². The van der Waals surface area contributed by atoms with E-state index < -0.39 is 5.97 Å². The number of allylic oxidation sites excluding steroid dienone is 1. The Morgan fingerprint density at radius 2 is 1.89 bits per heavy atom. The maximum atomic E-state index is 11.7. The lowest BCUT2D eigenvalue weighted by Gasteiger charge is -2.20. The smallest absolute Gasteiger partial charge is 0.303 e. The number of aliphatic carboxylic acids is 1. The van der Waals surface area contributed by atoms with Gasteiger partial charge in [-0.2, -0.15) is 0 Å². The topological polar surface area (TPSA) is 66.4 Å². The van der Waals surface area contributed by atoms with Gasteiger partial charge in [-0.25, -0.2) is 0 Å². The number of carboxylic acid groups (broad SMARTS) is 1. The highest BCUT2D eigenvalue weighted by Gasteiger charge is 2.15. The van der Waals surface area contributed by atoms with Crippen molar-refractivity contribution in [2.24, 2.45) is 11.8 Å². The summed E-state index contributed by atoms with van der Waals surface area (Å²) in [7, 11) is 0. The van der Waals surface area contributed by atoms with Crippen LogP contribution in [0.1, 0.15) is 53.4 Å². The molecule has 0 aromatic rings. The lowest BCUT2D eigenvalue weighted by Crippen LogP contribution is -2.27. The third-order valence-corrected chi connectivity index (χ3v) is 3.34. The summed E-state index contributed by atoms with van der Waals surface area (Å²) >= 11 is 0. The lowest BCUT2D eigenvalue weighted by atomic mass is 9.88. The number of hydrogen-bond donors (Lipinski definition) is 2. The molecular weight excluding hydrogens is 242 g/mol. The lowest BCUT2D eigenvalue weighted by molar-refractivity contribution is -0.137. The van der Waals surface area contributed by atoms with E-state index in [0.717, 1.165) is 18.4 Å². The Morgan fingerprint density at radius 1 is 1.26 bits per heavy atom. The molecule has 0 aromatic carbocycles. The SMILES string of the molecule is CCC=C(C)C(=O)NCCC(CCC(=O)O)C(C)C. The van der Waals surface area contributed by atoms with Crippen molar-refractivity contribution in [2.75, 3.05) is 6.54 Å². The molecule has 19 heavy (non-hydrogen) atoms. The van der Waals surface area contributed by atoms with Crippen LogP contribution in [0.2, 0.25) is 0 Å². The van der Waals surface area contributed by atoms with Gasteiger partial charge >= 0.3 is 5.97 Å². The van der Waals surface area contributed by atoms with E-state index in [9.17, 15) is 9.59 Å². The summed E-state index contributed by atoms with van der Waals surface area (Å²) < 4.78 is 0. The van der Waals surface area contributed by atoms with Crippen LogP contribution in [0.15, 0.2) is 11.6 Å². The summed E-state index contributed by atoms with van der Waals surface area (Å²) in [5.74, 6) is -0.00519. The predicted octanol–water partition coefficient (Wildman–Crippen LogP) is 2.99. The molecule has 4 nitrogen and oxygen atoms in total. The molecule has 0 aliphatic rings. The number of carboxylic acids is 1. The third kappa shape index (κ3) is 8.41. The minimum atomic E-state index is -0.753. The Kier molecular flexibility index (Phi) is 8.92. The fourth-order valence-electron chi connectivity index (χ4n) is 2.03. The van der Waals surface area contributed by atoms with Gasteiger partial charge in [0.05, 0.1) is 0 Å².